The van der Waals surface area contributed by atoms with Crippen molar-refractivity contribution in [3.05, 3.63) is 35.5 Å². The zero-order valence-electron chi connectivity index (χ0n) is 11.7. The quantitative estimate of drug-likeness (QED) is 0.815. The second kappa shape index (κ2) is 6.23. The van der Waals surface area contributed by atoms with Gasteiger partial charge >= 0.3 is 5.97 Å². The molecule has 1 aromatic heterocycles. The standard InChI is InChI=1S/C15H18N2O3/c1-10-12(11-5-3-4-6-13(11)17-10)9-14(18)16-8-7-15(19)20-2/h3-6,17H,7-9H2,1-2H3,(H,16,18). The first-order valence-corrected chi connectivity index (χ1v) is 6.51. The Morgan fingerprint density at radius 3 is 2.80 bits per heavy atom. The van der Waals surface area contributed by atoms with Gasteiger partial charge in [0.2, 0.25) is 5.91 Å². The molecule has 2 N–H and O–H groups in total. The maximum atomic E-state index is 11.9. The molecule has 0 unspecified atom stereocenters. The number of carbonyl (C=O) groups is 2. The summed E-state index contributed by atoms with van der Waals surface area (Å²) in [4.78, 5) is 26.1. The van der Waals surface area contributed by atoms with Crippen molar-refractivity contribution in [2.75, 3.05) is 13.7 Å². The molecule has 1 amide bonds. The number of ether oxygens (including phenoxy) is 1. The number of aromatic nitrogens is 1. The van der Waals surface area contributed by atoms with E-state index in [9.17, 15) is 9.59 Å². The van der Waals surface area contributed by atoms with E-state index in [2.05, 4.69) is 15.0 Å². The van der Waals surface area contributed by atoms with Crippen LogP contribution >= 0.6 is 0 Å². The molecule has 2 aromatic rings. The highest BCUT2D eigenvalue weighted by atomic mass is 16.5. The van der Waals surface area contributed by atoms with Gasteiger partial charge in [0.1, 0.15) is 0 Å². The van der Waals surface area contributed by atoms with Gasteiger partial charge in [0.15, 0.2) is 0 Å². The van der Waals surface area contributed by atoms with E-state index >= 15 is 0 Å². The van der Waals surface area contributed by atoms with E-state index in [0.29, 0.717) is 13.0 Å². The first kappa shape index (κ1) is 14.1. The Bertz CT molecular complexity index is 631. The molecule has 0 spiro atoms. The Kier molecular flexibility index (Phi) is 4.40. The molecule has 0 aliphatic heterocycles. The van der Waals surface area contributed by atoms with E-state index in [1.54, 1.807) is 0 Å². The van der Waals surface area contributed by atoms with Crippen LogP contribution in [0.3, 0.4) is 0 Å². The number of methoxy groups -OCH3 is 1. The molecule has 1 heterocycles. The molecule has 0 saturated heterocycles. The minimum atomic E-state index is -0.325. The van der Waals surface area contributed by atoms with E-state index in [1.165, 1.54) is 7.11 Å². The summed E-state index contributed by atoms with van der Waals surface area (Å²) in [6, 6.07) is 7.89. The minimum Gasteiger partial charge on any atom is -0.469 e. The summed E-state index contributed by atoms with van der Waals surface area (Å²) < 4.78 is 4.52. The van der Waals surface area contributed by atoms with Crippen LogP contribution in [0.1, 0.15) is 17.7 Å². The van der Waals surface area contributed by atoms with Gasteiger partial charge in [-0.15, -0.1) is 0 Å². The normalized spacial score (nSPS) is 10.5. The van der Waals surface area contributed by atoms with Crippen molar-refractivity contribution in [2.24, 2.45) is 0 Å². The number of aryl methyl sites for hydroxylation is 1. The molecule has 2 rings (SSSR count). The van der Waals surface area contributed by atoms with Crippen LogP contribution in [0, 0.1) is 6.92 Å². The van der Waals surface area contributed by atoms with Crippen LogP contribution in [-0.4, -0.2) is 30.5 Å². The van der Waals surface area contributed by atoms with Gasteiger partial charge in [0.25, 0.3) is 0 Å². The Hall–Kier alpha value is -2.30. The molecule has 0 fully saturated rings. The zero-order valence-corrected chi connectivity index (χ0v) is 11.7. The predicted octanol–water partition coefficient (Wildman–Crippen LogP) is 1.70. The van der Waals surface area contributed by atoms with E-state index in [4.69, 9.17) is 0 Å². The molecule has 0 radical (unpaired) electrons. The SMILES string of the molecule is COC(=O)CCNC(=O)Cc1c(C)[nH]c2ccccc12. The second-order valence-corrected chi connectivity index (χ2v) is 4.63. The number of amides is 1. The number of benzene rings is 1. The summed E-state index contributed by atoms with van der Waals surface area (Å²) in [6.07, 6.45) is 0.492. The van der Waals surface area contributed by atoms with Crippen molar-refractivity contribution in [3.8, 4) is 0 Å². The Morgan fingerprint density at radius 2 is 2.05 bits per heavy atom. The topological polar surface area (TPSA) is 71.2 Å². The lowest BCUT2D eigenvalue weighted by atomic mass is 10.1. The van der Waals surface area contributed by atoms with Gasteiger partial charge < -0.3 is 15.0 Å². The summed E-state index contributed by atoms with van der Waals surface area (Å²) in [5, 5.41) is 3.79. The molecule has 0 aliphatic rings. The number of fused-ring (bicyclic) bond motifs is 1. The van der Waals surface area contributed by atoms with Gasteiger partial charge in [0, 0.05) is 23.1 Å². The molecular weight excluding hydrogens is 256 g/mol. The fourth-order valence-electron chi connectivity index (χ4n) is 2.19. The van der Waals surface area contributed by atoms with Crippen molar-refractivity contribution in [2.45, 2.75) is 19.8 Å². The third-order valence-electron chi connectivity index (χ3n) is 3.24. The summed E-state index contributed by atoms with van der Waals surface area (Å²) in [7, 11) is 1.33. The second-order valence-electron chi connectivity index (χ2n) is 4.63. The van der Waals surface area contributed by atoms with Crippen molar-refractivity contribution in [1.82, 2.24) is 10.3 Å². The largest absolute Gasteiger partial charge is 0.469 e. The highest BCUT2D eigenvalue weighted by Gasteiger charge is 2.12. The van der Waals surface area contributed by atoms with E-state index in [0.717, 1.165) is 22.2 Å². The number of hydrogen-bond acceptors (Lipinski definition) is 3. The van der Waals surface area contributed by atoms with Crippen LogP contribution < -0.4 is 5.32 Å². The van der Waals surface area contributed by atoms with Gasteiger partial charge in [-0.2, -0.15) is 0 Å². The van der Waals surface area contributed by atoms with Crippen molar-refractivity contribution in [1.29, 1.82) is 0 Å². The molecule has 0 aliphatic carbocycles. The molecule has 5 heteroatoms. The molecule has 0 bridgehead atoms. The van der Waals surface area contributed by atoms with Crippen molar-refractivity contribution >= 4 is 22.8 Å². The number of H-pyrrole nitrogens is 1. The molecule has 106 valence electrons. The number of aromatic amines is 1. The Morgan fingerprint density at radius 1 is 1.30 bits per heavy atom. The maximum Gasteiger partial charge on any atom is 0.307 e. The van der Waals surface area contributed by atoms with Crippen LogP contribution in [0.2, 0.25) is 0 Å². The van der Waals surface area contributed by atoms with Gasteiger partial charge in [0.05, 0.1) is 20.0 Å². The lowest BCUT2D eigenvalue weighted by Gasteiger charge is -2.05. The highest BCUT2D eigenvalue weighted by Crippen LogP contribution is 2.22. The average molecular weight is 274 g/mol. The predicted molar refractivity (Wildman–Crippen MR) is 76.4 cm³/mol. The number of esters is 1. The van der Waals surface area contributed by atoms with Crippen molar-refractivity contribution in [3.63, 3.8) is 0 Å². The van der Waals surface area contributed by atoms with Crippen LogP contribution in [0.25, 0.3) is 10.9 Å². The molecule has 20 heavy (non-hydrogen) atoms. The van der Waals surface area contributed by atoms with Gasteiger partial charge in [-0.1, -0.05) is 18.2 Å². The van der Waals surface area contributed by atoms with Crippen molar-refractivity contribution < 1.29 is 14.3 Å². The first-order chi connectivity index (χ1) is 9.61. The molecule has 0 atom stereocenters. The lowest BCUT2D eigenvalue weighted by molar-refractivity contribution is -0.140. The number of nitrogens with one attached hydrogen (secondary N) is 2. The van der Waals surface area contributed by atoms with Gasteiger partial charge in [-0.3, -0.25) is 9.59 Å². The molecule has 0 saturated carbocycles. The third kappa shape index (κ3) is 3.17. The monoisotopic (exact) mass is 274 g/mol. The summed E-state index contributed by atoms with van der Waals surface area (Å²) in [5.74, 6) is -0.421. The van der Waals surface area contributed by atoms with Crippen LogP contribution in [0.4, 0.5) is 0 Å². The fraction of sp³-hybridized carbons (Fsp3) is 0.333. The number of hydrogen-bond donors (Lipinski definition) is 2. The lowest BCUT2D eigenvalue weighted by Crippen LogP contribution is -2.27. The fourth-order valence-corrected chi connectivity index (χ4v) is 2.19. The number of rotatable bonds is 5. The van der Waals surface area contributed by atoms with E-state index in [1.807, 2.05) is 31.2 Å². The minimum absolute atomic E-state index is 0.0956. The van der Waals surface area contributed by atoms with Gasteiger partial charge in [-0.25, -0.2) is 0 Å². The van der Waals surface area contributed by atoms with Crippen LogP contribution in [0.5, 0.6) is 0 Å². The number of carbonyl (C=O) groups excluding carboxylic acids is 2. The van der Waals surface area contributed by atoms with E-state index in [-0.39, 0.29) is 18.3 Å². The smallest absolute Gasteiger partial charge is 0.307 e. The third-order valence-corrected chi connectivity index (χ3v) is 3.24. The summed E-state index contributed by atoms with van der Waals surface area (Å²) in [5.41, 5.74) is 3.02. The molecule has 5 nitrogen and oxygen atoms in total. The van der Waals surface area contributed by atoms with E-state index < -0.39 is 0 Å². The zero-order chi connectivity index (χ0) is 14.5. The highest BCUT2D eigenvalue weighted by molar-refractivity contribution is 5.90. The van der Waals surface area contributed by atoms with Crippen LogP contribution in [-0.2, 0) is 20.7 Å². The Balaban J connectivity index is 1.99. The molecular formula is C15H18N2O3. The maximum absolute atomic E-state index is 11.9. The van der Waals surface area contributed by atoms with Crippen LogP contribution in [0.15, 0.2) is 24.3 Å². The molecule has 1 aromatic carbocycles. The van der Waals surface area contributed by atoms with Gasteiger partial charge in [-0.05, 0) is 18.6 Å². The average Bonchev–Trinajstić information content (AvgIpc) is 2.75. The Labute approximate surface area is 117 Å². The summed E-state index contributed by atoms with van der Waals surface area (Å²) in [6.45, 7) is 2.25. The summed E-state index contributed by atoms with van der Waals surface area (Å²) >= 11 is 0. The first-order valence-electron chi connectivity index (χ1n) is 6.51. The number of para-hydroxylation sites is 1.